The van der Waals surface area contributed by atoms with Crippen molar-refractivity contribution in [2.24, 2.45) is 10.4 Å². The molecule has 7 heteroatoms. The lowest BCUT2D eigenvalue weighted by Crippen LogP contribution is -2.49. The Morgan fingerprint density at radius 1 is 1.19 bits per heavy atom. The van der Waals surface area contributed by atoms with Gasteiger partial charge in [0, 0.05) is 27.2 Å². The minimum atomic E-state index is -0.321. The van der Waals surface area contributed by atoms with Crippen molar-refractivity contribution in [1.82, 2.24) is 15.5 Å². The van der Waals surface area contributed by atoms with Crippen LogP contribution in [0.4, 0.5) is 0 Å². The summed E-state index contributed by atoms with van der Waals surface area (Å²) in [4.78, 5) is 19.0. The van der Waals surface area contributed by atoms with E-state index in [1.165, 1.54) is 0 Å². The van der Waals surface area contributed by atoms with Crippen molar-refractivity contribution < 1.29 is 9.90 Å². The van der Waals surface area contributed by atoms with Gasteiger partial charge in [-0.15, -0.1) is 24.0 Å². The first-order valence-electron chi connectivity index (χ1n) is 8.99. The van der Waals surface area contributed by atoms with Crippen molar-refractivity contribution >= 4 is 35.8 Å². The minimum absolute atomic E-state index is 0. The van der Waals surface area contributed by atoms with Gasteiger partial charge in [0.1, 0.15) is 5.75 Å². The van der Waals surface area contributed by atoms with Crippen LogP contribution in [-0.4, -0.2) is 49.1 Å². The van der Waals surface area contributed by atoms with E-state index >= 15 is 0 Å². The van der Waals surface area contributed by atoms with Gasteiger partial charge >= 0.3 is 0 Å². The Balaban J connectivity index is 0.00000338. The highest BCUT2D eigenvalue weighted by atomic mass is 127. The van der Waals surface area contributed by atoms with E-state index in [2.05, 4.69) is 15.6 Å². The number of nitrogens with one attached hydrogen (secondary N) is 2. The number of rotatable bonds is 6. The van der Waals surface area contributed by atoms with Crippen LogP contribution in [0.15, 0.2) is 29.3 Å². The fourth-order valence-corrected chi connectivity index (χ4v) is 3.36. The maximum Gasteiger partial charge on any atom is 0.230 e. The van der Waals surface area contributed by atoms with Crippen LogP contribution in [0.2, 0.25) is 0 Å². The molecule has 26 heavy (non-hydrogen) atoms. The third kappa shape index (κ3) is 6.03. The van der Waals surface area contributed by atoms with Crippen LogP contribution in [0.25, 0.3) is 0 Å². The van der Waals surface area contributed by atoms with Gasteiger partial charge < -0.3 is 20.6 Å². The van der Waals surface area contributed by atoms with Crippen LogP contribution in [0.3, 0.4) is 0 Å². The first kappa shape index (κ1) is 22.5. The Morgan fingerprint density at radius 2 is 1.81 bits per heavy atom. The Kier molecular flexibility index (Phi) is 9.18. The number of benzene rings is 1. The molecular weight excluding hydrogens is 443 g/mol. The lowest BCUT2D eigenvalue weighted by Gasteiger charge is -2.31. The van der Waals surface area contributed by atoms with Gasteiger partial charge in [-0.1, -0.05) is 25.0 Å². The number of nitrogens with zero attached hydrogens (tertiary/aromatic N) is 2. The molecular formula is C19H31IN4O2. The second kappa shape index (κ2) is 10.6. The average molecular weight is 474 g/mol. The van der Waals surface area contributed by atoms with Crippen molar-refractivity contribution in [2.75, 3.05) is 27.2 Å². The van der Waals surface area contributed by atoms with Crippen LogP contribution in [0, 0.1) is 5.41 Å². The Hall–Kier alpha value is -1.51. The van der Waals surface area contributed by atoms with E-state index in [0.717, 1.165) is 37.8 Å². The first-order valence-corrected chi connectivity index (χ1v) is 8.99. The summed E-state index contributed by atoms with van der Waals surface area (Å²) in [5.74, 6) is 1.17. The maximum atomic E-state index is 12.7. The SMILES string of the molecule is CCNC(=NCc1ccc(O)cc1)NCC1(C(=O)N(C)C)CCCC1.I. The second-order valence-electron chi connectivity index (χ2n) is 6.90. The van der Waals surface area contributed by atoms with Crippen molar-refractivity contribution in [3.63, 3.8) is 0 Å². The van der Waals surface area contributed by atoms with Crippen LogP contribution in [0.5, 0.6) is 5.75 Å². The predicted molar refractivity (Wildman–Crippen MR) is 116 cm³/mol. The molecule has 0 aromatic heterocycles. The van der Waals surface area contributed by atoms with Gasteiger partial charge in [0.25, 0.3) is 0 Å². The van der Waals surface area contributed by atoms with E-state index in [4.69, 9.17) is 0 Å². The van der Waals surface area contributed by atoms with Gasteiger partial charge in [-0.05, 0) is 37.5 Å². The summed E-state index contributed by atoms with van der Waals surface area (Å²) < 4.78 is 0. The Bertz CT molecular complexity index is 596. The number of hydrogen-bond donors (Lipinski definition) is 3. The predicted octanol–water partition coefficient (Wildman–Crippen LogP) is 2.71. The molecule has 1 aromatic carbocycles. The van der Waals surface area contributed by atoms with Gasteiger partial charge in [-0.2, -0.15) is 0 Å². The van der Waals surface area contributed by atoms with Crippen LogP contribution in [-0.2, 0) is 11.3 Å². The van der Waals surface area contributed by atoms with Crippen molar-refractivity contribution in [3.8, 4) is 5.75 Å². The Labute approximate surface area is 173 Å². The number of hydrogen-bond acceptors (Lipinski definition) is 3. The van der Waals surface area contributed by atoms with Crippen LogP contribution in [0.1, 0.15) is 38.2 Å². The van der Waals surface area contributed by atoms with E-state index in [-0.39, 0.29) is 41.0 Å². The number of aromatic hydroxyl groups is 1. The Morgan fingerprint density at radius 3 is 2.35 bits per heavy atom. The molecule has 0 aliphatic heterocycles. The van der Waals surface area contributed by atoms with Crippen LogP contribution < -0.4 is 10.6 Å². The third-order valence-electron chi connectivity index (χ3n) is 4.72. The molecule has 3 N–H and O–H groups in total. The van der Waals surface area contributed by atoms with Gasteiger partial charge in [0.05, 0.1) is 12.0 Å². The molecule has 0 radical (unpaired) electrons. The van der Waals surface area contributed by atoms with E-state index < -0.39 is 0 Å². The molecule has 1 amide bonds. The summed E-state index contributed by atoms with van der Waals surface area (Å²) in [5, 5.41) is 16.0. The number of guanidine groups is 1. The second-order valence-corrected chi connectivity index (χ2v) is 6.90. The number of halogens is 1. The van der Waals surface area contributed by atoms with E-state index in [1.54, 1.807) is 17.0 Å². The first-order chi connectivity index (χ1) is 12.0. The highest BCUT2D eigenvalue weighted by Gasteiger charge is 2.42. The van der Waals surface area contributed by atoms with Gasteiger partial charge in [-0.3, -0.25) is 4.79 Å². The number of amides is 1. The standard InChI is InChI=1S/C19H30N4O2.HI/c1-4-20-18(21-13-15-7-9-16(24)10-8-15)22-14-19(11-5-6-12-19)17(25)23(2)3;/h7-10,24H,4-6,11-14H2,1-3H3,(H2,20,21,22);1H. The lowest BCUT2D eigenvalue weighted by molar-refractivity contribution is -0.138. The molecule has 2 rings (SSSR count). The topological polar surface area (TPSA) is 77.0 Å². The zero-order valence-corrected chi connectivity index (χ0v) is 18.2. The fourth-order valence-electron chi connectivity index (χ4n) is 3.36. The lowest BCUT2D eigenvalue weighted by atomic mass is 9.84. The van der Waals surface area contributed by atoms with Crippen LogP contribution >= 0.6 is 24.0 Å². The quantitative estimate of drug-likeness (QED) is 0.337. The summed E-state index contributed by atoms with van der Waals surface area (Å²) in [6.45, 7) is 3.90. The number of phenolic OH excluding ortho intramolecular Hbond substituents is 1. The summed E-state index contributed by atoms with van der Waals surface area (Å²) in [6, 6.07) is 7.04. The van der Waals surface area contributed by atoms with E-state index in [0.29, 0.717) is 19.0 Å². The minimum Gasteiger partial charge on any atom is -0.508 e. The molecule has 146 valence electrons. The molecule has 1 fully saturated rings. The number of aliphatic imine (C=N–C) groups is 1. The number of carbonyl (C=O) groups excluding carboxylic acids is 1. The monoisotopic (exact) mass is 474 g/mol. The highest BCUT2D eigenvalue weighted by molar-refractivity contribution is 14.0. The largest absolute Gasteiger partial charge is 0.508 e. The molecule has 6 nitrogen and oxygen atoms in total. The smallest absolute Gasteiger partial charge is 0.230 e. The summed E-state index contributed by atoms with van der Waals surface area (Å²) in [5.41, 5.74) is 0.702. The molecule has 1 aromatic rings. The highest BCUT2D eigenvalue weighted by Crippen LogP contribution is 2.38. The van der Waals surface area contributed by atoms with E-state index in [9.17, 15) is 9.90 Å². The fraction of sp³-hybridized carbons (Fsp3) is 0.579. The summed E-state index contributed by atoms with van der Waals surface area (Å²) >= 11 is 0. The summed E-state index contributed by atoms with van der Waals surface area (Å²) in [7, 11) is 3.65. The molecule has 1 aliphatic carbocycles. The molecule has 0 saturated heterocycles. The third-order valence-corrected chi connectivity index (χ3v) is 4.72. The average Bonchev–Trinajstić information content (AvgIpc) is 3.08. The van der Waals surface area contributed by atoms with E-state index in [1.807, 2.05) is 33.2 Å². The van der Waals surface area contributed by atoms with Gasteiger partial charge in [0.2, 0.25) is 5.91 Å². The summed E-state index contributed by atoms with van der Waals surface area (Å²) in [6.07, 6.45) is 4.05. The van der Waals surface area contributed by atoms with Crippen molar-refractivity contribution in [1.29, 1.82) is 0 Å². The molecule has 0 unspecified atom stereocenters. The molecule has 1 saturated carbocycles. The number of phenols is 1. The van der Waals surface area contributed by atoms with Crippen molar-refractivity contribution in [3.05, 3.63) is 29.8 Å². The maximum absolute atomic E-state index is 12.7. The molecule has 0 atom stereocenters. The van der Waals surface area contributed by atoms with Gasteiger partial charge in [0.15, 0.2) is 5.96 Å². The molecule has 0 heterocycles. The normalized spacial score (nSPS) is 15.9. The van der Waals surface area contributed by atoms with Gasteiger partial charge in [-0.25, -0.2) is 4.99 Å². The molecule has 0 spiro atoms. The molecule has 1 aliphatic rings. The number of carbonyl (C=O) groups is 1. The molecule has 0 bridgehead atoms. The zero-order chi connectivity index (χ0) is 18.3. The zero-order valence-electron chi connectivity index (χ0n) is 15.9. The van der Waals surface area contributed by atoms with Crippen molar-refractivity contribution in [2.45, 2.75) is 39.2 Å².